The number of hydrogen-bond donors (Lipinski definition) is 0. The van der Waals surface area contributed by atoms with Crippen molar-refractivity contribution in [3.05, 3.63) is 53.8 Å². The number of thioether (sulfide) groups is 1. The average molecular weight is 428 g/mol. The Hall–Kier alpha value is -3.07. The maximum absolute atomic E-state index is 14.0. The van der Waals surface area contributed by atoms with Crippen LogP contribution in [0.15, 0.2) is 47.6 Å². The number of halogens is 1. The molecule has 0 aliphatic carbocycles. The topological polar surface area (TPSA) is 69.5 Å². The molecule has 0 N–H and O–H groups in total. The fraction of sp³-hybridized carbons (Fsp3) is 0.286. The van der Waals surface area contributed by atoms with E-state index >= 15 is 0 Å². The van der Waals surface area contributed by atoms with Gasteiger partial charge in [-0.05, 0) is 29.8 Å². The minimum Gasteiger partial charge on any atom is -0.486 e. The highest BCUT2D eigenvalue weighted by atomic mass is 32.2. The first kappa shape index (κ1) is 20.2. The van der Waals surface area contributed by atoms with Crippen LogP contribution in [0.3, 0.4) is 0 Å². The SMILES string of the molecule is CN(Cc1ccc2c(c1)OCCO2)C(=O)CSc1nnc(-c2ccccc2F)n1C. The lowest BCUT2D eigenvalue weighted by Gasteiger charge is -2.21. The second kappa shape index (κ2) is 8.74. The van der Waals surface area contributed by atoms with E-state index in [0.717, 1.165) is 11.3 Å². The molecule has 4 rings (SSSR count). The molecule has 0 radical (unpaired) electrons. The molecule has 1 aliphatic heterocycles. The number of carbonyl (C=O) groups excluding carboxylic acids is 1. The lowest BCUT2D eigenvalue weighted by atomic mass is 10.2. The Kier molecular flexibility index (Phi) is 5.89. The highest BCUT2D eigenvalue weighted by Crippen LogP contribution is 2.31. The van der Waals surface area contributed by atoms with Crippen molar-refractivity contribution in [2.24, 2.45) is 7.05 Å². The van der Waals surface area contributed by atoms with Gasteiger partial charge in [0.15, 0.2) is 22.5 Å². The Morgan fingerprint density at radius 3 is 2.73 bits per heavy atom. The summed E-state index contributed by atoms with van der Waals surface area (Å²) in [6, 6.07) is 12.1. The molecule has 0 spiro atoms. The van der Waals surface area contributed by atoms with Gasteiger partial charge in [0.05, 0.1) is 11.3 Å². The van der Waals surface area contributed by atoms with Crippen molar-refractivity contribution in [2.75, 3.05) is 26.0 Å². The van der Waals surface area contributed by atoms with Crippen LogP contribution in [0, 0.1) is 5.82 Å². The predicted octanol–water partition coefficient (Wildman–Crippen LogP) is 3.14. The van der Waals surface area contributed by atoms with E-state index in [1.165, 1.54) is 17.8 Å². The summed E-state index contributed by atoms with van der Waals surface area (Å²) in [4.78, 5) is 14.2. The molecular formula is C21H21FN4O3S. The fourth-order valence-electron chi connectivity index (χ4n) is 3.10. The monoisotopic (exact) mass is 428 g/mol. The van der Waals surface area contributed by atoms with E-state index in [0.29, 0.717) is 42.1 Å². The smallest absolute Gasteiger partial charge is 0.233 e. The molecule has 0 saturated heterocycles. The third kappa shape index (κ3) is 4.25. The van der Waals surface area contributed by atoms with Crippen molar-refractivity contribution in [2.45, 2.75) is 11.7 Å². The van der Waals surface area contributed by atoms with Crippen LogP contribution in [0.2, 0.25) is 0 Å². The lowest BCUT2D eigenvalue weighted by molar-refractivity contribution is -0.127. The highest BCUT2D eigenvalue weighted by molar-refractivity contribution is 7.99. The molecule has 0 bridgehead atoms. The number of rotatable bonds is 6. The van der Waals surface area contributed by atoms with Crippen LogP contribution in [0.25, 0.3) is 11.4 Å². The number of nitrogens with zero attached hydrogens (tertiary/aromatic N) is 4. The number of amides is 1. The zero-order chi connectivity index (χ0) is 21.1. The Balaban J connectivity index is 1.37. The first-order valence-corrected chi connectivity index (χ1v) is 10.4. The normalized spacial score (nSPS) is 12.6. The van der Waals surface area contributed by atoms with Crippen molar-refractivity contribution >= 4 is 17.7 Å². The molecule has 2 heterocycles. The van der Waals surface area contributed by atoms with E-state index < -0.39 is 0 Å². The van der Waals surface area contributed by atoms with E-state index in [-0.39, 0.29) is 17.5 Å². The average Bonchev–Trinajstić information content (AvgIpc) is 3.12. The van der Waals surface area contributed by atoms with Crippen molar-refractivity contribution in [3.8, 4) is 22.9 Å². The van der Waals surface area contributed by atoms with Crippen LogP contribution >= 0.6 is 11.8 Å². The van der Waals surface area contributed by atoms with Gasteiger partial charge in [-0.3, -0.25) is 4.79 Å². The number of ether oxygens (including phenoxy) is 2. The van der Waals surface area contributed by atoms with Gasteiger partial charge in [-0.2, -0.15) is 0 Å². The number of fused-ring (bicyclic) bond motifs is 1. The highest BCUT2D eigenvalue weighted by Gasteiger charge is 2.18. The van der Waals surface area contributed by atoms with Crippen LogP contribution < -0.4 is 9.47 Å². The predicted molar refractivity (Wildman–Crippen MR) is 111 cm³/mol. The van der Waals surface area contributed by atoms with Crippen molar-refractivity contribution in [3.63, 3.8) is 0 Å². The van der Waals surface area contributed by atoms with E-state index in [1.807, 2.05) is 18.2 Å². The Bertz CT molecular complexity index is 1070. The molecule has 3 aromatic rings. The minimum absolute atomic E-state index is 0.0506. The largest absolute Gasteiger partial charge is 0.486 e. The first-order chi connectivity index (χ1) is 14.5. The standard InChI is InChI=1S/C21H21FN4O3S/c1-25(12-14-7-8-17-18(11-14)29-10-9-28-17)19(27)13-30-21-24-23-20(26(21)2)15-5-3-4-6-16(15)22/h3-8,11H,9-10,12-13H2,1-2H3. The van der Waals surface area contributed by atoms with Gasteiger partial charge in [-0.15, -0.1) is 10.2 Å². The lowest BCUT2D eigenvalue weighted by Crippen LogP contribution is -2.28. The summed E-state index contributed by atoms with van der Waals surface area (Å²) in [5.41, 5.74) is 1.34. The number of carbonyl (C=O) groups is 1. The van der Waals surface area contributed by atoms with Crippen LogP contribution in [0.1, 0.15) is 5.56 Å². The van der Waals surface area contributed by atoms with E-state index in [1.54, 1.807) is 41.8 Å². The summed E-state index contributed by atoms with van der Waals surface area (Å²) >= 11 is 1.27. The summed E-state index contributed by atoms with van der Waals surface area (Å²) in [5, 5.41) is 8.73. The van der Waals surface area contributed by atoms with Crippen LogP contribution in [-0.4, -0.2) is 51.6 Å². The van der Waals surface area contributed by atoms with Gasteiger partial charge >= 0.3 is 0 Å². The second-order valence-corrected chi connectivity index (χ2v) is 7.80. The maximum Gasteiger partial charge on any atom is 0.233 e. The second-order valence-electron chi connectivity index (χ2n) is 6.86. The quantitative estimate of drug-likeness (QED) is 0.562. The molecule has 0 saturated carbocycles. The molecular weight excluding hydrogens is 407 g/mol. The molecule has 156 valence electrons. The Labute approximate surface area is 177 Å². The van der Waals surface area contributed by atoms with Crippen molar-refractivity contribution < 1.29 is 18.7 Å². The summed E-state index contributed by atoms with van der Waals surface area (Å²) in [5.74, 6) is 1.64. The van der Waals surface area contributed by atoms with Gasteiger partial charge in [-0.25, -0.2) is 4.39 Å². The number of hydrogen-bond acceptors (Lipinski definition) is 6. The summed E-state index contributed by atoms with van der Waals surface area (Å²) in [6.45, 7) is 1.52. The number of benzene rings is 2. The molecule has 30 heavy (non-hydrogen) atoms. The molecule has 2 aromatic carbocycles. The number of aromatic nitrogens is 3. The van der Waals surface area contributed by atoms with E-state index in [2.05, 4.69) is 10.2 Å². The van der Waals surface area contributed by atoms with Crippen molar-refractivity contribution in [1.82, 2.24) is 19.7 Å². The van der Waals surface area contributed by atoms with E-state index in [4.69, 9.17) is 9.47 Å². The Morgan fingerprint density at radius 1 is 1.17 bits per heavy atom. The molecule has 0 unspecified atom stereocenters. The third-order valence-electron chi connectivity index (χ3n) is 4.73. The summed E-state index contributed by atoms with van der Waals surface area (Å²) < 4.78 is 26.8. The van der Waals surface area contributed by atoms with Gasteiger partial charge in [-0.1, -0.05) is 30.0 Å². The molecule has 1 aromatic heterocycles. The van der Waals surface area contributed by atoms with Crippen LogP contribution in [-0.2, 0) is 18.4 Å². The molecule has 1 amide bonds. The van der Waals surface area contributed by atoms with Crippen LogP contribution in [0.4, 0.5) is 4.39 Å². The summed E-state index contributed by atoms with van der Waals surface area (Å²) in [7, 11) is 3.51. The summed E-state index contributed by atoms with van der Waals surface area (Å²) in [6.07, 6.45) is 0. The maximum atomic E-state index is 14.0. The Morgan fingerprint density at radius 2 is 1.93 bits per heavy atom. The van der Waals surface area contributed by atoms with Crippen molar-refractivity contribution in [1.29, 1.82) is 0 Å². The molecule has 7 nitrogen and oxygen atoms in total. The van der Waals surface area contributed by atoms with Gasteiger partial charge < -0.3 is 18.9 Å². The minimum atomic E-state index is -0.361. The van der Waals surface area contributed by atoms with Gasteiger partial charge in [0, 0.05) is 20.6 Å². The van der Waals surface area contributed by atoms with Gasteiger partial charge in [0.2, 0.25) is 5.91 Å². The first-order valence-electron chi connectivity index (χ1n) is 9.42. The van der Waals surface area contributed by atoms with E-state index in [9.17, 15) is 9.18 Å². The molecule has 0 atom stereocenters. The molecule has 1 aliphatic rings. The zero-order valence-electron chi connectivity index (χ0n) is 16.7. The molecule has 9 heteroatoms. The van der Waals surface area contributed by atoms with Gasteiger partial charge in [0.1, 0.15) is 19.0 Å². The zero-order valence-corrected chi connectivity index (χ0v) is 17.5. The molecule has 0 fully saturated rings. The fourth-order valence-corrected chi connectivity index (χ4v) is 3.95. The third-order valence-corrected chi connectivity index (χ3v) is 5.73. The van der Waals surface area contributed by atoms with Crippen LogP contribution in [0.5, 0.6) is 11.5 Å². The van der Waals surface area contributed by atoms with Gasteiger partial charge in [0.25, 0.3) is 0 Å².